The number of rotatable bonds is 4. The molecule has 0 spiro atoms. The molecule has 4 nitrogen and oxygen atoms in total. The first-order valence-corrected chi connectivity index (χ1v) is 5.32. The highest BCUT2D eigenvalue weighted by molar-refractivity contribution is 5.30. The molecule has 0 aliphatic rings. The molecule has 0 amide bonds. The van der Waals surface area contributed by atoms with Crippen molar-refractivity contribution in [3.05, 3.63) is 53.7 Å². The van der Waals surface area contributed by atoms with E-state index in [0.29, 0.717) is 18.2 Å². The van der Waals surface area contributed by atoms with Crippen LogP contribution < -0.4 is 10.5 Å². The average molecular weight is 230 g/mol. The van der Waals surface area contributed by atoms with Gasteiger partial charge in [0.1, 0.15) is 18.2 Å². The van der Waals surface area contributed by atoms with E-state index in [1.807, 2.05) is 30.3 Å². The van der Waals surface area contributed by atoms with E-state index in [2.05, 4.69) is 4.98 Å². The first-order valence-electron chi connectivity index (χ1n) is 5.32. The van der Waals surface area contributed by atoms with Crippen LogP contribution in [0.25, 0.3) is 0 Å². The van der Waals surface area contributed by atoms with Crippen LogP contribution in [-0.4, -0.2) is 10.1 Å². The van der Waals surface area contributed by atoms with Crippen molar-refractivity contribution in [3.8, 4) is 5.75 Å². The second-order valence-electron chi connectivity index (χ2n) is 3.65. The maximum absolute atomic E-state index is 9.00. The minimum absolute atomic E-state index is 0.00767. The molecule has 0 radical (unpaired) electrons. The van der Waals surface area contributed by atoms with Gasteiger partial charge in [-0.15, -0.1) is 0 Å². The summed E-state index contributed by atoms with van der Waals surface area (Å²) in [6, 6.07) is 12.7. The fourth-order valence-corrected chi connectivity index (χ4v) is 1.47. The lowest BCUT2D eigenvalue weighted by Gasteiger charge is -2.07. The Morgan fingerprint density at radius 3 is 2.76 bits per heavy atom. The summed E-state index contributed by atoms with van der Waals surface area (Å²) in [7, 11) is 0. The van der Waals surface area contributed by atoms with Crippen molar-refractivity contribution < 1.29 is 9.84 Å². The van der Waals surface area contributed by atoms with Gasteiger partial charge in [-0.3, -0.25) is 0 Å². The van der Waals surface area contributed by atoms with Crippen molar-refractivity contribution in [2.24, 2.45) is 0 Å². The Labute approximate surface area is 99.7 Å². The van der Waals surface area contributed by atoms with Crippen molar-refractivity contribution in [1.29, 1.82) is 0 Å². The second-order valence-corrected chi connectivity index (χ2v) is 3.65. The fraction of sp³-hybridized carbons (Fsp3) is 0.154. The molecule has 4 heteroatoms. The Morgan fingerprint density at radius 2 is 2.00 bits per heavy atom. The zero-order chi connectivity index (χ0) is 12.1. The normalized spacial score (nSPS) is 10.2. The number of hydrogen-bond donors (Lipinski definition) is 2. The summed E-state index contributed by atoms with van der Waals surface area (Å²) in [5.74, 6) is 1.19. The number of nitrogen functional groups attached to an aromatic ring is 1. The van der Waals surface area contributed by atoms with Gasteiger partial charge < -0.3 is 15.6 Å². The molecular weight excluding hydrogens is 216 g/mol. The van der Waals surface area contributed by atoms with Gasteiger partial charge in [0.15, 0.2) is 0 Å². The van der Waals surface area contributed by atoms with Crippen LogP contribution in [0.4, 0.5) is 5.82 Å². The first kappa shape index (κ1) is 11.4. The lowest BCUT2D eigenvalue weighted by Crippen LogP contribution is -2.00. The van der Waals surface area contributed by atoms with Gasteiger partial charge >= 0.3 is 0 Å². The molecule has 0 saturated carbocycles. The zero-order valence-corrected chi connectivity index (χ0v) is 9.34. The molecule has 0 bridgehead atoms. The predicted molar refractivity (Wildman–Crippen MR) is 65.3 cm³/mol. The highest BCUT2D eigenvalue weighted by Gasteiger charge is 1.99. The number of aromatic nitrogens is 1. The third-order valence-electron chi connectivity index (χ3n) is 2.30. The van der Waals surface area contributed by atoms with Crippen molar-refractivity contribution in [2.45, 2.75) is 13.2 Å². The molecule has 0 atom stereocenters. The van der Waals surface area contributed by atoms with Gasteiger partial charge in [0.2, 0.25) is 0 Å². The van der Waals surface area contributed by atoms with Crippen LogP contribution in [-0.2, 0) is 13.2 Å². The number of pyridine rings is 1. The number of aliphatic hydroxyl groups excluding tert-OH is 1. The lowest BCUT2D eigenvalue weighted by atomic mass is 10.2. The van der Waals surface area contributed by atoms with E-state index >= 15 is 0 Å². The summed E-state index contributed by atoms with van der Waals surface area (Å²) in [4.78, 5) is 4.13. The van der Waals surface area contributed by atoms with E-state index < -0.39 is 0 Å². The molecule has 88 valence electrons. The third kappa shape index (κ3) is 3.19. The third-order valence-corrected chi connectivity index (χ3v) is 2.30. The Balaban J connectivity index is 2.02. The molecule has 0 aliphatic carbocycles. The minimum Gasteiger partial charge on any atom is -0.487 e. The summed E-state index contributed by atoms with van der Waals surface area (Å²) < 4.78 is 5.56. The predicted octanol–water partition coefficient (Wildman–Crippen LogP) is 1.74. The quantitative estimate of drug-likeness (QED) is 0.839. The van der Waals surface area contributed by atoms with E-state index in [1.54, 1.807) is 12.1 Å². The topological polar surface area (TPSA) is 68.4 Å². The minimum atomic E-state index is 0.00767. The largest absolute Gasteiger partial charge is 0.487 e. The van der Waals surface area contributed by atoms with E-state index in [4.69, 9.17) is 15.6 Å². The SMILES string of the molecule is Nc1cccc(COc2cccc(CO)c2)n1. The van der Waals surface area contributed by atoms with Crippen LogP contribution in [0.5, 0.6) is 5.75 Å². The molecule has 1 aromatic carbocycles. The number of nitrogens with zero attached hydrogens (tertiary/aromatic N) is 1. The lowest BCUT2D eigenvalue weighted by molar-refractivity contribution is 0.277. The molecule has 0 fully saturated rings. The number of ether oxygens (including phenoxy) is 1. The van der Waals surface area contributed by atoms with Gasteiger partial charge in [-0.1, -0.05) is 18.2 Å². The van der Waals surface area contributed by atoms with Gasteiger partial charge in [-0.05, 0) is 29.8 Å². The Bertz CT molecular complexity index is 500. The van der Waals surface area contributed by atoms with Gasteiger partial charge in [0, 0.05) is 0 Å². The van der Waals surface area contributed by atoms with Crippen LogP contribution in [0.15, 0.2) is 42.5 Å². The number of nitrogens with two attached hydrogens (primary N) is 1. The maximum atomic E-state index is 9.00. The smallest absolute Gasteiger partial charge is 0.130 e. The van der Waals surface area contributed by atoms with Gasteiger partial charge in [0.25, 0.3) is 0 Å². The molecule has 0 unspecified atom stereocenters. The molecular formula is C13H14N2O2. The summed E-state index contributed by atoms with van der Waals surface area (Å²) >= 11 is 0. The summed E-state index contributed by atoms with van der Waals surface area (Å²) in [5, 5.41) is 9.00. The van der Waals surface area contributed by atoms with Crippen LogP contribution in [0.2, 0.25) is 0 Å². The van der Waals surface area contributed by atoms with Gasteiger partial charge in [0.05, 0.1) is 12.3 Å². The number of benzene rings is 1. The van der Waals surface area contributed by atoms with Crippen LogP contribution in [0.1, 0.15) is 11.3 Å². The number of anilines is 1. The molecule has 1 heterocycles. The fourth-order valence-electron chi connectivity index (χ4n) is 1.47. The summed E-state index contributed by atoms with van der Waals surface area (Å²) in [6.07, 6.45) is 0. The van der Waals surface area contributed by atoms with E-state index in [9.17, 15) is 0 Å². The Hall–Kier alpha value is -2.07. The Kier molecular flexibility index (Phi) is 3.57. The average Bonchev–Trinajstić information content (AvgIpc) is 2.37. The van der Waals surface area contributed by atoms with Gasteiger partial charge in [-0.2, -0.15) is 0 Å². The molecule has 3 N–H and O–H groups in total. The highest BCUT2D eigenvalue weighted by Crippen LogP contribution is 2.14. The molecule has 0 saturated heterocycles. The Morgan fingerprint density at radius 1 is 1.18 bits per heavy atom. The standard InChI is InChI=1S/C13H14N2O2/c14-13-6-2-4-11(15-13)9-17-12-5-1-3-10(7-12)8-16/h1-7,16H,8-9H2,(H2,14,15). The summed E-state index contributed by atoms with van der Waals surface area (Å²) in [6.45, 7) is 0.369. The molecule has 2 rings (SSSR count). The molecule has 2 aromatic rings. The highest BCUT2D eigenvalue weighted by atomic mass is 16.5. The van der Waals surface area contributed by atoms with E-state index in [1.165, 1.54) is 0 Å². The van der Waals surface area contributed by atoms with Crippen molar-refractivity contribution in [3.63, 3.8) is 0 Å². The van der Waals surface area contributed by atoms with E-state index in [0.717, 1.165) is 11.3 Å². The van der Waals surface area contributed by atoms with E-state index in [-0.39, 0.29) is 6.61 Å². The summed E-state index contributed by atoms with van der Waals surface area (Å²) in [5.41, 5.74) is 7.17. The molecule has 1 aromatic heterocycles. The number of aliphatic hydroxyl groups is 1. The van der Waals surface area contributed by atoms with Gasteiger partial charge in [-0.25, -0.2) is 4.98 Å². The monoisotopic (exact) mass is 230 g/mol. The molecule has 0 aliphatic heterocycles. The van der Waals surface area contributed by atoms with Crippen molar-refractivity contribution in [2.75, 3.05) is 5.73 Å². The maximum Gasteiger partial charge on any atom is 0.130 e. The number of hydrogen-bond acceptors (Lipinski definition) is 4. The second kappa shape index (κ2) is 5.32. The first-order chi connectivity index (χ1) is 8.28. The van der Waals surface area contributed by atoms with Crippen LogP contribution in [0.3, 0.4) is 0 Å². The van der Waals surface area contributed by atoms with Crippen LogP contribution >= 0.6 is 0 Å². The van der Waals surface area contributed by atoms with Crippen molar-refractivity contribution in [1.82, 2.24) is 4.98 Å². The van der Waals surface area contributed by atoms with Crippen molar-refractivity contribution >= 4 is 5.82 Å². The zero-order valence-electron chi connectivity index (χ0n) is 9.34. The molecule has 17 heavy (non-hydrogen) atoms. The van der Waals surface area contributed by atoms with Crippen LogP contribution in [0, 0.1) is 0 Å².